The van der Waals surface area contributed by atoms with Gasteiger partial charge in [0.2, 0.25) is 0 Å². The summed E-state index contributed by atoms with van der Waals surface area (Å²) >= 11 is 0. The summed E-state index contributed by atoms with van der Waals surface area (Å²) in [5.74, 6) is 0. The van der Waals surface area contributed by atoms with Crippen LogP contribution in [-0.2, 0) is 32.5 Å². The van der Waals surface area contributed by atoms with Crippen molar-refractivity contribution in [3.63, 3.8) is 0 Å². The minimum atomic E-state index is -2.35. The number of aryl methyl sites for hydroxylation is 2. The van der Waals surface area contributed by atoms with Gasteiger partial charge in [-0.1, -0.05) is 144 Å². The molecule has 3 aliphatic carbocycles. The quantitative estimate of drug-likeness (QED) is 0.164. The Hall–Kier alpha value is -5.02. The van der Waals surface area contributed by atoms with Crippen LogP contribution in [0.25, 0.3) is 11.1 Å². The molecule has 0 saturated carbocycles. The monoisotopic (exact) mass is 816 g/mol. The van der Waals surface area contributed by atoms with Crippen LogP contribution in [0.1, 0.15) is 151 Å². The maximum Gasteiger partial charge on any atom is 0.252 e. The van der Waals surface area contributed by atoms with Gasteiger partial charge >= 0.3 is 0 Å². The number of rotatable bonds is 3. The first kappa shape index (κ1) is 36.5. The van der Waals surface area contributed by atoms with Crippen LogP contribution in [0, 0.1) is 13.8 Å². The Kier molecular flexibility index (Phi) is 7.27. The molecule has 0 bridgehead atoms. The molecule has 0 spiro atoms. The van der Waals surface area contributed by atoms with Crippen LogP contribution in [0.4, 0.5) is 34.1 Å². The van der Waals surface area contributed by atoms with Gasteiger partial charge in [-0.25, -0.2) is 0 Å². The lowest BCUT2D eigenvalue weighted by molar-refractivity contribution is 0.402. The topological polar surface area (TPSA) is 6.48 Å². The van der Waals surface area contributed by atoms with Crippen LogP contribution in [0.5, 0.6) is 0 Å². The van der Waals surface area contributed by atoms with E-state index in [2.05, 4.69) is 191 Å². The van der Waals surface area contributed by atoms with E-state index in [9.17, 15) is 0 Å². The van der Waals surface area contributed by atoms with Crippen LogP contribution in [0.15, 0.2) is 103 Å². The molecule has 0 aromatic heterocycles. The largest absolute Gasteiger partial charge is 0.311 e. The molecule has 11 rings (SSSR count). The average molecular weight is 816 g/mol. The molecule has 62 heavy (non-hydrogen) atoms. The summed E-state index contributed by atoms with van der Waals surface area (Å²) in [5, 5.41) is 0. The Morgan fingerprint density at radius 2 is 0.952 bits per heavy atom. The molecule has 314 valence electrons. The normalized spacial score (nSPS) is 21.5. The molecule has 0 saturated heterocycles. The molecule has 0 radical (unpaired) electrons. The zero-order chi connectivity index (χ0) is 46.3. The summed E-state index contributed by atoms with van der Waals surface area (Å²) in [6, 6.07) is 38.9. The minimum Gasteiger partial charge on any atom is -0.311 e. The van der Waals surface area contributed by atoms with Gasteiger partial charge in [-0.2, -0.15) is 0 Å². The summed E-state index contributed by atoms with van der Waals surface area (Å²) in [6.45, 7) is 28.5. The van der Waals surface area contributed by atoms with Crippen molar-refractivity contribution in [1.29, 1.82) is 0 Å². The molecule has 0 atom stereocenters. The van der Waals surface area contributed by atoms with E-state index < -0.39 is 6.85 Å². The van der Waals surface area contributed by atoms with E-state index in [1.165, 1.54) is 55.3 Å². The first-order valence-corrected chi connectivity index (χ1v) is 23.2. The van der Waals surface area contributed by atoms with Crippen LogP contribution >= 0.6 is 0 Å². The van der Waals surface area contributed by atoms with E-state index in [0.29, 0.717) is 5.56 Å². The Bertz CT molecular complexity index is 3040. The highest BCUT2D eigenvalue weighted by atomic mass is 15.2. The number of anilines is 6. The number of nitrogens with zero attached hydrogens (tertiary/aromatic N) is 2. The zero-order valence-corrected chi connectivity index (χ0v) is 39.4. The second-order valence-corrected chi connectivity index (χ2v) is 23.9. The van der Waals surface area contributed by atoms with Crippen LogP contribution < -0.4 is 26.2 Å². The van der Waals surface area contributed by atoms with Crippen LogP contribution in [0.3, 0.4) is 0 Å². The van der Waals surface area contributed by atoms with Crippen molar-refractivity contribution in [2.24, 2.45) is 0 Å². The van der Waals surface area contributed by atoms with Crippen molar-refractivity contribution in [3.8, 4) is 11.1 Å². The molecule has 0 amide bonds. The zero-order valence-electron chi connectivity index (χ0n) is 42.4. The van der Waals surface area contributed by atoms with Crippen molar-refractivity contribution in [1.82, 2.24) is 0 Å². The van der Waals surface area contributed by atoms with Crippen molar-refractivity contribution >= 4 is 57.2 Å². The van der Waals surface area contributed by atoms with Gasteiger partial charge in [-0.15, -0.1) is 0 Å². The molecule has 0 fully saturated rings. The molecule has 2 nitrogen and oxygen atoms in total. The predicted molar refractivity (Wildman–Crippen MR) is 267 cm³/mol. The van der Waals surface area contributed by atoms with Gasteiger partial charge in [0.05, 0.1) is 0 Å². The number of benzene rings is 6. The molecule has 3 heteroatoms. The average Bonchev–Trinajstić information content (AvgIpc) is 3.61. The highest BCUT2D eigenvalue weighted by Gasteiger charge is 2.50. The van der Waals surface area contributed by atoms with E-state index in [1.807, 2.05) is 12.1 Å². The molecule has 0 unspecified atom stereocenters. The lowest BCUT2D eigenvalue weighted by Crippen LogP contribution is -2.61. The van der Waals surface area contributed by atoms with Crippen molar-refractivity contribution in [2.45, 2.75) is 149 Å². The van der Waals surface area contributed by atoms with Crippen LogP contribution in [0.2, 0.25) is 0 Å². The standard InChI is InChI=1S/C59H65BN2/c1-35-24-51-53-52(25-35)62(48-30-44-41(26-36(48)2)55(5,6)33-58(44,11)12)49-27-38(37-18-16-15-17-19-37)20-23-46(49)60(53)47-29-43-45(59(13,14)34-57(43,9)10)31-50(47)61(51)39-21-22-40-42(28-39)56(7,8)32-54(40,3)4/h15-31H,32-34H2,1-14H3/i1D3. The lowest BCUT2D eigenvalue weighted by Gasteiger charge is -2.45. The lowest BCUT2D eigenvalue weighted by atomic mass is 9.33. The molecule has 0 N–H and O–H groups in total. The third-order valence-corrected chi connectivity index (χ3v) is 16.2. The van der Waals surface area contributed by atoms with Gasteiger partial charge in [-0.05, 0) is 180 Å². The third kappa shape index (κ3) is 5.48. The fraction of sp³-hybridized carbons (Fsp3) is 0.390. The Morgan fingerprint density at radius 1 is 0.435 bits per heavy atom. The SMILES string of the molecule is [2H]C([2H])([2H])c1cc2c3c(c1)N(c1cc4c(cc1C)C(C)(C)CC4(C)C)c1cc(-c4ccccc4)ccc1B3c1cc3c(cc1N2c1ccc2c(c1)C(C)(C)CC2(C)C)C(C)(C)CC3(C)C. The molecular formula is C59H65BN2. The Morgan fingerprint density at radius 3 is 1.56 bits per heavy atom. The molecule has 2 aliphatic heterocycles. The first-order valence-electron chi connectivity index (χ1n) is 24.7. The van der Waals surface area contributed by atoms with Crippen molar-refractivity contribution in [3.05, 3.63) is 148 Å². The van der Waals surface area contributed by atoms with E-state index in [-0.39, 0.29) is 39.2 Å². The minimum absolute atomic E-state index is 0.0143. The van der Waals surface area contributed by atoms with Gasteiger partial charge < -0.3 is 9.80 Å². The molecule has 2 heterocycles. The smallest absolute Gasteiger partial charge is 0.252 e. The van der Waals surface area contributed by atoms with E-state index in [4.69, 9.17) is 4.11 Å². The van der Waals surface area contributed by atoms with Gasteiger partial charge in [0.1, 0.15) is 0 Å². The van der Waals surface area contributed by atoms with Gasteiger partial charge in [0, 0.05) is 38.2 Å². The summed E-state index contributed by atoms with van der Waals surface area (Å²) in [7, 11) is 0. The van der Waals surface area contributed by atoms with Crippen molar-refractivity contribution in [2.75, 3.05) is 9.80 Å². The fourth-order valence-corrected chi connectivity index (χ4v) is 14.3. The fourth-order valence-electron chi connectivity index (χ4n) is 14.3. The number of hydrogen-bond acceptors (Lipinski definition) is 2. The summed E-state index contributed by atoms with van der Waals surface area (Å²) in [4.78, 5) is 4.92. The van der Waals surface area contributed by atoms with Gasteiger partial charge in [-0.3, -0.25) is 0 Å². The second-order valence-electron chi connectivity index (χ2n) is 23.9. The van der Waals surface area contributed by atoms with E-state index in [1.54, 1.807) is 0 Å². The molecule has 5 aliphatic rings. The molecular weight excluding hydrogens is 747 g/mol. The van der Waals surface area contributed by atoms with Gasteiger partial charge in [0.15, 0.2) is 0 Å². The molecule has 6 aromatic rings. The Balaban J connectivity index is 1.28. The summed E-state index contributed by atoms with van der Waals surface area (Å²) < 4.78 is 27.4. The van der Waals surface area contributed by atoms with Crippen molar-refractivity contribution < 1.29 is 4.11 Å². The predicted octanol–water partition coefficient (Wildman–Crippen LogP) is 13.9. The van der Waals surface area contributed by atoms with E-state index >= 15 is 0 Å². The Labute approximate surface area is 377 Å². The molecule has 6 aromatic carbocycles. The maximum absolute atomic E-state index is 9.13. The van der Waals surface area contributed by atoms with Gasteiger partial charge in [0.25, 0.3) is 6.71 Å². The van der Waals surface area contributed by atoms with E-state index in [0.717, 1.165) is 64.5 Å². The van der Waals surface area contributed by atoms with Crippen LogP contribution in [-0.4, -0.2) is 6.71 Å². The third-order valence-electron chi connectivity index (χ3n) is 16.2. The maximum atomic E-state index is 9.13. The summed E-state index contributed by atoms with van der Waals surface area (Å²) in [6.07, 6.45) is 3.20. The highest BCUT2D eigenvalue weighted by Crippen LogP contribution is 2.56. The highest BCUT2D eigenvalue weighted by molar-refractivity contribution is 7.00. The first-order chi connectivity index (χ1) is 30.2. The second kappa shape index (κ2) is 12.4. The summed E-state index contributed by atoms with van der Waals surface area (Å²) in [5.41, 5.74) is 22.3. The number of hydrogen-bond donors (Lipinski definition) is 0. The number of fused-ring (bicyclic) bond motifs is 7.